The van der Waals surface area contributed by atoms with Gasteiger partial charge < -0.3 is 10.1 Å². The van der Waals surface area contributed by atoms with E-state index in [1.165, 1.54) is 18.8 Å². The Balaban J connectivity index is 1.84. The Morgan fingerprint density at radius 1 is 1.14 bits per heavy atom. The highest BCUT2D eigenvalue weighted by atomic mass is 32.2. The number of carbonyl (C=O) groups excluding carboxylic acids is 1. The number of benzene rings is 2. The maximum absolute atomic E-state index is 12.6. The number of carbonyl (C=O) groups is 1. The molecule has 0 aliphatic rings. The minimum atomic E-state index is -3.72. The number of sulfonamides is 1. The van der Waals surface area contributed by atoms with Gasteiger partial charge in [-0.1, -0.05) is 32.0 Å². The summed E-state index contributed by atoms with van der Waals surface area (Å²) in [7, 11) is -2.32. The first kappa shape index (κ1) is 23.3. The van der Waals surface area contributed by atoms with Crippen LogP contribution in [0.5, 0.6) is 5.75 Å². The lowest BCUT2D eigenvalue weighted by molar-refractivity contribution is -0.121. The van der Waals surface area contributed by atoms with E-state index in [9.17, 15) is 13.2 Å². The summed E-state index contributed by atoms with van der Waals surface area (Å²) < 4.78 is 32.0. The lowest BCUT2D eigenvalue weighted by Gasteiger charge is -2.17. The van der Waals surface area contributed by atoms with Crippen molar-refractivity contribution in [1.29, 1.82) is 0 Å². The van der Waals surface area contributed by atoms with Gasteiger partial charge in [0.05, 0.1) is 18.0 Å². The first-order valence-corrected chi connectivity index (χ1v) is 12.0. The zero-order valence-corrected chi connectivity index (χ0v) is 18.8. The summed E-state index contributed by atoms with van der Waals surface area (Å²) >= 11 is 1.53. The molecule has 0 aliphatic carbocycles. The van der Waals surface area contributed by atoms with Crippen LogP contribution in [-0.4, -0.2) is 51.6 Å². The van der Waals surface area contributed by atoms with Crippen molar-refractivity contribution in [2.24, 2.45) is 0 Å². The van der Waals surface area contributed by atoms with Crippen molar-refractivity contribution in [3.05, 3.63) is 54.1 Å². The zero-order valence-electron chi connectivity index (χ0n) is 17.2. The fraction of sp³-hybridized carbons (Fsp3) is 0.381. The fourth-order valence-electron chi connectivity index (χ4n) is 2.71. The quantitative estimate of drug-likeness (QED) is 0.457. The van der Waals surface area contributed by atoms with Gasteiger partial charge in [0.1, 0.15) is 12.4 Å². The Bertz CT molecular complexity index is 913. The van der Waals surface area contributed by atoms with Gasteiger partial charge in [0, 0.05) is 11.9 Å². The molecule has 1 amide bonds. The molecule has 0 spiro atoms. The molecule has 0 atom stereocenters. The third-order valence-electron chi connectivity index (χ3n) is 4.36. The second-order valence-electron chi connectivity index (χ2n) is 6.83. The fourth-order valence-corrected chi connectivity index (χ4v) is 4.25. The molecule has 2 aromatic rings. The molecule has 0 aliphatic heterocycles. The Morgan fingerprint density at radius 2 is 1.79 bits per heavy atom. The van der Waals surface area contributed by atoms with E-state index in [1.54, 1.807) is 24.3 Å². The molecule has 0 aromatic heterocycles. The van der Waals surface area contributed by atoms with Crippen molar-refractivity contribution in [1.82, 2.24) is 9.62 Å². The van der Waals surface area contributed by atoms with Crippen LogP contribution in [0.15, 0.2) is 58.3 Å². The summed E-state index contributed by atoms with van der Waals surface area (Å²) in [5.41, 5.74) is 1.11. The van der Waals surface area contributed by atoms with E-state index in [0.717, 1.165) is 20.5 Å². The van der Waals surface area contributed by atoms with E-state index in [0.29, 0.717) is 19.1 Å². The highest BCUT2D eigenvalue weighted by Gasteiger charge is 2.22. The molecule has 0 bridgehead atoms. The number of para-hydroxylation sites is 1. The van der Waals surface area contributed by atoms with E-state index >= 15 is 0 Å². The van der Waals surface area contributed by atoms with Crippen LogP contribution < -0.4 is 10.1 Å². The van der Waals surface area contributed by atoms with E-state index < -0.39 is 10.0 Å². The zero-order chi connectivity index (χ0) is 21.4. The lowest BCUT2D eigenvalue weighted by Crippen LogP contribution is -2.39. The summed E-state index contributed by atoms with van der Waals surface area (Å²) in [4.78, 5) is 13.3. The smallest absolute Gasteiger partial charge is 0.243 e. The van der Waals surface area contributed by atoms with Crippen molar-refractivity contribution >= 4 is 27.7 Å². The molecule has 0 saturated carbocycles. The molecule has 29 heavy (non-hydrogen) atoms. The Kier molecular flexibility index (Phi) is 8.55. The number of rotatable bonds is 10. The van der Waals surface area contributed by atoms with Crippen LogP contribution in [-0.2, 0) is 14.8 Å². The van der Waals surface area contributed by atoms with Gasteiger partial charge in [0.2, 0.25) is 15.9 Å². The van der Waals surface area contributed by atoms with Gasteiger partial charge in [-0.05, 0) is 48.1 Å². The van der Waals surface area contributed by atoms with Crippen molar-refractivity contribution < 1.29 is 17.9 Å². The van der Waals surface area contributed by atoms with Crippen LogP contribution in [0.4, 0.5) is 0 Å². The van der Waals surface area contributed by atoms with Gasteiger partial charge in [0.15, 0.2) is 0 Å². The number of nitrogens with zero attached hydrogens (tertiary/aromatic N) is 1. The minimum Gasteiger partial charge on any atom is -0.491 e. The summed E-state index contributed by atoms with van der Waals surface area (Å²) in [6.45, 7) is 4.53. The van der Waals surface area contributed by atoms with Crippen LogP contribution in [0.2, 0.25) is 0 Å². The van der Waals surface area contributed by atoms with Crippen LogP contribution in [0.1, 0.15) is 25.3 Å². The summed E-state index contributed by atoms with van der Waals surface area (Å²) in [6, 6.07) is 14.4. The normalized spacial score (nSPS) is 11.7. The van der Waals surface area contributed by atoms with Crippen LogP contribution in [0, 0.1) is 0 Å². The van der Waals surface area contributed by atoms with Gasteiger partial charge in [-0.15, -0.1) is 11.8 Å². The van der Waals surface area contributed by atoms with Crippen molar-refractivity contribution in [2.45, 2.75) is 29.6 Å². The monoisotopic (exact) mass is 436 g/mol. The molecule has 1 N–H and O–H groups in total. The van der Waals surface area contributed by atoms with Crippen molar-refractivity contribution in [3.63, 3.8) is 0 Å². The van der Waals surface area contributed by atoms with Crippen molar-refractivity contribution in [2.75, 3.05) is 33.0 Å². The number of hydrogen-bond acceptors (Lipinski definition) is 5. The van der Waals surface area contributed by atoms with E-state index in [-0.39, 0.29) is 17.3 Å². The third-order valence-corrected chi connectivity index (χ3v) is 6.92. The molecule has 158 valence electrons. The molecule has 2 rings (SSSR count). The number of thioether (sulfide) groups is 1. The van der Waals surface area contributed by atoms with Crippen LogP contribution in [0.25, 0.3) is 0 Å². The van der Waals surface area contributed by atoms with Gasteiger partial charge >= 0.3 is 0 Å². The van der Waals surface area contributed by atoms with Crippen LogP contribution >= 0.6 is 11.8 Å². The molecular formula is C21H28N2O4S2. The van der Waals surface area contributed by atoms with Gasteiger partial charge in [-0.3, -0.25) is 4.79 Å². The maximum atomic E-state index is 12.6. The van der Waals surface area contributed by atoms with E-state index in [1.807, 2.05) is 30.5 Å². The average molecular weight is 437 g/mol. The average Bonchev–Trinajstić information content (AvgIpc) is 2.71. The maximum Gasteiger partial charge on any atom is 0.243 e. The molecule has 0 saturated heterocycles. The number of hydrogen-bond donors (Lipinski definition) is 1. The topological polar surface area (TPSA) is 75.7 Å². The van der Waals surface area contributed by atoms with Gasteiger partial charge in [-0.25, -0.2) is 8.42 Å². The van der Waals surface area contributed by atoms with Gasteiger partial charge in [-0.2, -0.15) is 4.31 Å². The van der Waals surface area contributed by atoms with E-state index in [4.69, 9.17) is 4.74 Å². The first-order valence-electron chi connectivity index (χ1n) is 9.34. The molecule has 8 heteroatoms. The highest BCUT2D eigenvalue weighted by molar-refractivity contribution is 7.98. The lowest BCUT2D eigenvalue weighted by atomic mass is 10.0. The standard InChI is InChI=1S/C21H28N2O4S2/c1-16(2)19-7-5-6-8-20(19)27-14-13-22-21(24)15-23(3)29(25,26)18-11-9-17(28-4)10-12-18/h5-12,16H,13-15H2,1-4H3,(H,22,24). The second kappa shape index (κ2) is 10.7. The molecule has 0 unspecified atom stereocenters. The Labute approximate surface area is 177 Å². The SMILES string of the molecule is CSc1ccc(S(=O)(=O)N(C)CC(=O)NCCOc2ccccc2C(C)C)cc1. The van der Waals surface area contributed by atoms with Crippen molar-refractivity contribution in [3.8, 4) is 5.75 Å². The van der Waals surface area contributed by atoms with Gasteiger partial charge in [0.25, 0.3) is 0 Å². The highest BCUT2D eigenvalue weighted by Crippen LogP contribution is 2.25. The number of ether oxygens (including phenoxy) is 1. The molecule has 2 aromatic carbocycles. The molecular weight excluding hydrogens is 408 g/mol. The minimum absolute atomic E-state index is 0.166. The molecule has 0 fully saturated rings. The molecule has 0 radical (unpaired) electrons. The summed E-state index contributed by atoms with van der Waals surface area (Å²) in [5.74, 6) is 0.757. The summed E-state index contributed by atoms with van der Waals surface area (Å²) in [5, 5.41) is 2.70. The first-order chi connectivity index (χ1) is 13.8. The van der Waals surface area contributed by atoms with E-state index in [2.05, 4.69) is 19.2 Å². The largest absolute Gasteiger partial charge is 0.491 e. The predicted molar refractivity (Wildman–Crippen MR) is 117 cm³/mol. The number of amides is 1. The molecule has 0 heterocycles. The summed E-state index contributed by atoms with van der Waals surface area (Å²) in [6.07, 6.45) is 1.92. The Morgan fingerprint density at radius 3 is 2.41 bits per heavy atom. The Hall–Kier alpha value is -2.03. The predicted octanol–water partition coefficient (Wildman–Crippen LogP) is 3.35. The number of nitrogens with one attached hydrogen (secondary N) is 1. The molecule has 6 nitrogen and oxygen atoms in total. The second-order valence-corrected chi connectivity index (χ2v) is 9.75. The third kappa shape index (κ3) is 6.48. The number of likely N-dealkylation sites (N-methyl/N-ethyl adjacent to an activating group) is 1. The van der Waals surface area contributed by atoms with Crippen LogP contribution in [0.3, 0.4) is 0 Å².